The van der Waals surface area contributed by atoms with Crippen LogP contribution in [0.15, 0.2) is 66.7 Å². The molecule has 0 fully saturated rings. The topological polar surface area (TPSA) is 55.4 Å². The number of carbonyl (C=O) groups is 2. The highest BCUT2D eigenvalue weighted by atomic mass is 16.5. The van der Waals surface area contributed by atoms with Gasteiger partial charge in [0.15, 0.2) is 0 Å². The lowest BCUT2D eigenvalue weighted by molar-refractivity contribution is -0.131. The molecule has 114 valence electrons. The van der Waals surface area contributed by atoms with Gasteiger partial charge >= 0.3 is 5.97 Å². The van der Waals surface area contributed by atoms with Crippen molar-refractivity contribution in [1.29, 1.82) is 0 Å². The lowest BCUT2D eigenvalue weighted by Crippen LogP contribution is -2.15. The van der Waals surface area contributed by atoms with Crippen molar-refractivity contribution < 1.29 is 14.3 Å². The van der Waals surface area contributed by atoms with E-state index in [0.29, 0.717) is 11.3 Å². The van der Waals surface area contributed by atoms with Gasteiger partial charge in [0.25, 0.3) is 5.91 Å². The fraction of sp³-hybridized carbons (Fsp3) is 0.0526. The van der Waals surface area contributed by atoms with Crippen LogP contribution in [0.1, 0.15) is 17.3 Å². The van der Waals surface area contributed by atoms with Crippen LogP contribution in [-0.4, -0.2) is 11.9 Å². The number of carbonyl (C=O) groups excluding carboxylic acids is 2. The van der Waals surface area contributed by atoms with Crippen LogP contribution in [0.5, 0.6) is 5.75 Å². The Morgan fingerprint density at radius 3 is 2.13 bits per heavy atom. The zero-order chi connectivity index (χ0) is 16.2. The van der Waals surface area contributed by atoms with E-state index < -0.39 is 5.97 Å². The molecule has 23 heavy (non-hydrogen) atoms. The standard InChI is InChI=1S/C19H15NO3/c1-13(21)23-18-12-15-8-6-5-7-14(15)11-17(18)19(22)20-16-9-3-2-4-10-16/h2-12H,1H3,(H,20,22). The van der Waals surface area contributed by atoms with Gasteiger partial charge in [-0.1, -0.05) is 42.5 Å². The minimum atomic E-state index is -0.464. The highest BCUT2D eigenvalue weighted by molar-refractivity contribution is 6.09. The highest BCUT2D eigenvalue weighted by Crippen LogP contribution is 2.27. The minimum absolute atomic E-state index is 0.254. The molecule has 3 rings (SSSR count). The molecule has 3 aromatic carbocycles. The van der Waals surface area contributed by atoms with Crippen molar-refractivity contribution in [3.05, 3.63) is 72.3 Å². The second-order valence-electron chi connectivity index (χ2n) is 5.11. The number of hydrogen-bond donors (Lipinski definition) is 1. The van der Waals surface area contributed by atoms with E-state index in [9.17, 15) is 9.59 Å². The van der Waals surface area contributed by atoms with E-state index >= 15 is 0 Å². The molecule has 3 aromatic rings. The SMILES string of the molecule is CC(=O)Oc1cc2ccccc2cc1C(=O)Nc1ccccc1. The number of fused-ring (bicyclic) bond motifs is 1. The summed E-state index contributed by atoms with van der Waals surface area (Å²) in [5, 5.41) is 4.61. The summed E-state index contributed by atoms with van der Waals surface area (Å²) in [7, 11) is 0. The van der Waals surface area contributed by atoms with Gasteiger partial charge in [-0.15, -0.1) is 0 Å². The van der Waals surface area contributed by atoms with Crippen molar-refractivity contribution in [1.82, 2.24) is 0 Å². The molecule has 0 atom stereocenters. The van der Waals surface area contributed by atoms with Crippen molar-refractivity contribution in [2.75, 3.05) is 5.32 Å². The van der Waals surface area contributed by atoms with Crippen LogP contribution in [0.3, 0.4) is 0 Å². The van der Waals surface area contributed by atoms with Gasteiger partial charge in [0.05, 0.1) is 5.56 Å². The average molecular weight is 305 g/mol. The van der Waals surface area contributed by atoms with Crippen LogP contribution in [0.25, 0.3) is 10.8 Å². The Bertz CT molecular complexity index is 872. The van der Waals surface area contributed by atoms with E-state index in [1.807, 2.05) is 42.5 Å². The first-order valence-electron chi connectivity index (χ1n) is 7.21. The molecule has 0 bridgehead atoms. The van der Waals surface area contributed by atoms with Gasteiger partial charge in [-0.25, -0.2) is 0 Å². The number of amides is 1. The number of rotatable bonds is 3. The van der Waals surface area contributed by atoms with E-state index in [0.717, 1.165) is 10.8 Å². The van der Waals surface area contributed by atoms with E-state index in [1.165, 1.54) is 6.92 Å². The second kappa shape index (κ2) is 6.32. The molecular formula is C19H15NO3. The van der Waals surface area contributed by atoms with E-state index in [-0.39, 0.29) is 11.7 Å². The van der Waals surface area contributed by atoms with Gasteiger partial charge in [0.2, 0.25) is 0 Å². The van der Waals surface area contributed by atoms with Gasteiger partial charge in [-0.2, -0.15) is 0 Å². The van der Waals surface area contributed by atoms with E-state index in [2.05, 4.69) is 5.32 Å². The summed E-state index contributed by atoms with van der Waals surface area (Å²) < 4.78 is 5.21. The van der Waals surface area contributed by atoms with Crippen LogP contribution in [0.4, 0.5) is 5.69 Å². The molecule has 0 aromatic heterocycles. The van der Waals surface area contributed by atoms with Crippen LogP contribution >= 0.6 is 0 Å². The predicted octanol–water partition coefficient (Wildman–Crippen LogP) is 4.02. The van der Waals surface area contributed by atoms with Crippen molar-refractivity contribution in [3.8, 4) is 5.75 Å². The summed E-state index contributed by atoms with van der Waals surface area (Å²) in [6.45, 7) is 1.31. The lowest BCUT2D eigenvalue weighted by Gasteiger charge is -2.11. The third-order valence-electron chi connectivity index (χ3n) is 3.38. The molecule has 0 saturated carbocycles. The van der Waals surface area contributed by atoms with Crippen molar-refractivity contribution >= 4 is 28.3 Å². The first-order chi connectivity index (χ1) is 11.1. The van der Waals surface area contributed by atoms with Gasteiger partial charge in [-0.3, -0.25) is 9.59 Å². The third kappa shape index (κ3) is 3.37. The number of hydrogen-bond acceptors (Lipinski definition) is 3. The first-order valence-corrected chi connectivity index (χ1v) is 7.21. The quantitative estimate of drug-likeness (QED) is 0.587. The largest absolute Gasteiger partial charge is 0.426 e. The first kappa shape index (κ1) is 14.8. The second-order valence-corrected chi connectivity index (χ2v) is 5.11. The Labute approximate surface area is 133 Å². The Hall–Kier alpha value is -3.14. The normalized spacial score (nSPS) is 10.3. The number of anilines is 1. The van der Waals surface area contributed by atoms with Crippen molar-refractivity contribution in [2.24, 2.45) is 0 Å². The maximum absolute atomic E-state index is 12.6. The van der Waals surface area contributed by atoms with Crippen molar-refractivity contribution in [3.63, 3.8) is 0 Å². The molecule has 0 aliphatic rings. The monoisotopic (exact) mass is 305 g/mol. The molecule has 0 aliphatic heterocycles. The Morgan fingerprint density at radius 2 is 1.48 bits per heavy atom. The lowest BCUT2D eigenvalue weighted by atomic mass is 10.1. The smallest absolute Gasteiger partial charge is 0.308 e. The Balaban J connectivity index is 2.03. The van der Waals surface area contributed by atoms with Crippen LogP contribution in [-0.2, 0) is 4.79 Å². The van der Waals surface area contributed by atoms with Crippen LogP contribution in [0.2, 0.25) is 0 Å². The van der Waals surface area contributed by atoms with Crippen molar-refractivity contribution in [2.45, 2.75) is 6.92 Å². The van der Waals surface area contributed by atoms with Crippen LogP contribution < -0.4 is 10.1 Å². The molecule has 0 radical (unpaired) electrons. The summed E-state index contributed by atoms with van der Waals surface area (Å²) in [6, 6.07) is 20.2. The van der Waals surface area contributed by atoms with E-state index in [1.54, 1.807) is 24.3 Å². The minimum Gasteiger partial charge on any atom is -0.426 e. The number of ether oxygens (including phenoxy) is 1. The zero-order valence-corrected chi connectivity index (χ0v) is 12.6. The summed E-state index contributed by atoms with van der Waals surface area (Å²) in [5.74, 6) is -0.531. The molecule has 0 heterocycles. The fourth-order valence-electron chi connectivity index (χ4n) is 2.36. The molecule has 4 heteroatoms. The fourth-order valence-corrected chi connectivity index (χ4v) is 2.36. The number of benzene rings is 3. The summed E-state index contributed by atoms with van der Waals surface area (Å²) in [4.78, 5) is 23.9. The average Bonchev–Trinajstić information content (AvgIpc) is 2.54. The van der Waals surface area contributed by atoms with Gasteiger partial charge in [0, 0.05) is 12.6 Å². The Morgan fingerprint density at radius 1 is 0.870 bits per heavy atom. The molecule has 0 saturated heterocycles. The van der Waals surface area contributed by atoms with E-state index in [4.69, 9.17) is 4.74 Å². The Kier molecular flexibility index (Phi) is 4.06. The predicted molar refractivity (Wildman–Crippen MR) is 89.7 cm³/mol. The molecular weight excluding hydrogens is 290 g/mol. The summed E-state index contributed by atoms with van der Waals surface area (Å²) >= 11 is 0. The highest BCUT2D eigenvalue weighted by Gasteiger charge is 2.16. The van der Waals surface area contributed by atoms with Gasteiger partial charge in [0.1, 0.15) is 5.75 Å². The molecule has 0 spiro atoms. The van der Waals surface area contributed by atoms with Gasteiger partial charge < -0.3 is 10.1 Å². The molecule has 1 amide bonds. The summed E-state index contributed by atoms with van der Waals surface area (Å²) in [6.07, 6.45) is 0. The number of nitrogens with one attached hydrogen (secondary N) is 1. The van der Waals surface area contributed by atoms with Gasteiger partial charge in [-0.05, 0) is 35.0 Å². The van der Waals surface area contributed by atoms with Crippen LogP contribution in [0, 0.1) is 0 Å². The number of para-hydroxylation sites is 1. The number of esters is 1. The maximum atomic E-state index is 12.6. The summed E-state index contributed by atoms with van der Waals surface area (Å²) in [5.41, 5.74) is 1.00. The molecule has 1 N–H and O–H groups in total. The zero-order valence-electron chi connectivity index (χ0n) is 12.6. The molecule has 0 unspecified atom stereocenters. The maximum Gasteiger partial charge on any atom is 0.308 e. The molecule has 0 aliphatic carbocycles. The third-order valence-corrected chi connectivity index (χ3v) is 3.38. The molecule has 4 nitrogen and oxygen atoms in total.